The number of aromatic nitrogens is 2. The molecular weight excluding hydrogens is 973 g/mol. The van der Waals surface area contributed by atoms with E-state index in [1.54, 1.807) is 0 Å². The quantitative estimate of drug-likeness (QED) is 0.0957. The molecule has 0 saturated heterocycles. The summed E-state index contributed by atoms with van der Waals surface area (Å²) < 4.78 is 56.7. The Bertz CT molecular complexity index is 3240. The van der Waals surface area contributed by atoms with E-state index < -0.39 is 27.2 Å². The van der Waals surface area contributed by atoms with Crippen LogP contribution in [0.2, 0.25) is 19.6 Å². The van der Waals surface area contributed by atoms with Crippen LogP contribution in [0.25, 0.3) is 77.8 Å². The van der Waals surface area contributed by atoms with Gasteiger partial charge in [0.25, 0.3) is 0 Å². The van der Waals surface area contributed by atoms with Crippen LogP contribution in [0.4, 0.5) is 0 Å². The summed E-state index contributed by atoms with van der Waals surface area (Å²) in [5, 5.41) is 3.13. The molecule has 0 bridgehead atoms. The van der Waals surface area contributed by atoms with Crippen LogP contribution in [-0.4, -0.2) is 18.0 Å². The molecule has 3 heterocycles. The summed E-state index contributed by atoms with van der Waals surface area (Å²) in [6, 6.07) is 54.4. The first kappa shape index (κ1) is 38.7. The van der Waals surface area contributed by atoms with Gasteiger partial charge in [0.2, 0.25) is 0 Å². The zero-order valence-corrected chi connectivity index (χ0v) is 41.0. The molecule has 0 aliphatic carbocycles. The zero-order valence-electron chi connectivity index (χ0n) is 43.6. The third-order valence-electron chi connectivity index (χ3n) is 11.5. The van der Waals surface area contributed by atoms with E-state index in [0.717, 1.165) is 84.6 Å². The molecule has 5 heteroatoms. The molecule has 9 rings (SSSR count). The first-order chi connectivity index (χ1) is 32.8. The topological polar surface area (TPSA) is 38.9 Å². The Hall–Kier alpha value is -5.71. The number of fused-ring (bicyclic) bond motifs is 3. The van der Waals surface area contributed by atoms with Gasteiger partial charge in [-0.2, -0.15) is 0 Å². The number of furan rings is 1. The monoisotopic (exact) mass is 1040 g/mol. The largest absolute Gasteiger partial charge is 0.500 e. The van der Waals surface area contributed by atoms with Crippen molar-refractivity contribution in [2.24, 2.45) is 5.92 Å². The average Bonchev–Trinajstić information content (AvgIpc) is 3.74. The second kappa shape index (κ2) is 20.4. The number of rotatable bonds is 11. The van der Waals surface area contributed by atoms with E-state index in [-0.39, 0.29) is 31.6 Å². The number of benzene rings is 6. The van der Waals surface area contributed by atoms with Crippen molar-refractivity contribution in [2.75, 3.05) is 0 Å². The second-order valence-corrected chi connectivity index (χ2v) is 22.3. The molecule has 0 atom stereocenters. The third kappa shape index (κ3) is 10.3. The predicted molar refractivity (Wildman–Crippen MR) is 270 cm³/mol. The Morgan fingerprint density at radius 3 is 1.91 bits per heavy atom. The molecular formula is C59H58IrN2OSi-2. The molecule has 1 radical (unpaired) electrons. The normalized spacial score (nSPS) is 13.4. The van der Waals surface area contributed by atoms with Gasteiger partial charge in [-0.05, 0) is 93.6 Å². The van der Waals surface area contributed by atoms with Crippen molar-refractivity contribution in [1.29, 1.82) is 0 Å². The standard InChI is InChI=1S/C34H28NO.C25H30NSi.Ir/c1-3-23(4-2)26-17-18-35-31(21-26)27-15-16-32-30(19-27)34-29(25-13-9-6-10-14-25)20-28(22-33(34)36-32)24-11-7-5-8-12-24;1-18(2)14-22-16-24(26-17-25(22)27(4,5)6)21-13-12-19(3)23(15-21)20-10-8-7-9-11-20;/h5-14,16-23H,3-4H2,1-2H3;7-12,15-18H,14H2,1-6H3;/q2*-1;/i23D;3D3,14D2;. The van der Waals surface area contributed by atoms with Crippen molar-refractivity contribution < 1.29 is 32.7 Å². The minimum Gasteiger partial charge on any atom is -0.500 e. The Kier molecular flexibility index (Phi) is 12.4. The molecule has 0 aliphatic rings. The number of pyridine rings is 2. The summed E-state index contributed by atoms with van der Waals surface area (Å²) in [5.41, 5.74) is 12.5. The fraction of sp³-hybridized carbons (Fsp3) is 0.220. The fourth-order valence-electron chi connectivity index (χ4n) is 8.22. The molecule has 0 aliphatic heterocycles. The van der Waals surface area contributed by atoms with Gasteiger partial charge in [-0.15, -0.1) is 53.1 Å². The Morgan fingerprint density at radius 2 is 1.28 bits per heavy atom. The summed E-state index contributed by atoms with van der Waals surface area (Å²) in [6.45, 7) is 12.2. The maximum Gasteiger partial charge on any atom is 0.122 e. The summed E-state index contributed by atoms with van der Waals surface area (Å²) in [4.78, 5) is 9.32. The molecule has 3 nitrogen and oxygen atoms in total. The van der Waals surface area contributed by atoms with E-state index in [0.29, 0.717) is 22.4 Å². The predicted octanol–water partition coefficient (Wildman–Crippen LogP) is 16.0. The molecule has 0 N–H and O–H groups in total. The fourth-order valence-corrected chi connectivity index (χ4v) is 9.63. The SMILES string of the molecule is [2H]C(CC)(CC)c1ccnc(-c2[c-]cc3oc4cc(-c5ccccc5)cc(-c5ccccc5)c4c3c2)c1.[2H]C([2H])([2H])c1c[c-]c(-c2cc(C([2H])([2H])C(C)C)c([Si](C)(C)C)cn2)cc1-c1ccccc1.[Ir]. The van der Waals surface area contributed by atoms with Gasteiger partial charge in [-0.25, -0.2) is 0 Å². The van der Waals surface area contributed by atoms with E-state index in [9.17, 15) is 0 Å². The van der Waals surface area contributed by atoms with Crippen LogP contribution in [0.1, 0.15) is 71.3 Å². The van der Waals surface area contributed by atoms with Gasteiger partial charge in [0.15, 0.2) is 0 Å². The van der Waals surface area contributed by atoms with Crippen molar-refractivity contribution in [1.82, 2.24) is 9.97 Å². The maximum atomic E-state index is 8.89. The Morgan fingerprint density at radius 1 is 0.672 bits per heavy atom. The van der Waals surface area contributed by atoms with Crippen molar-refractivity contribution in [3.8, 4) is 55.9 Å². The molecule has 0 saturated carbocycles. The Balaban J connectivity index is 0.000000206. The number of nitrogens with zero attached hydrogens (tertiary/aromatic N) is 2. The van der Waals surface area contributed by atoms with Gasteiger partial charge < -0.3 is 14.4 Å². The molecule has 0 spiro atoms. The molecule has 64 heavy (non-hydrogen) atoms. The van der Waals surface area contributed by atoms with Gasteiger partial charge >= 0.3 is 0 Å². The van der Waals surface area contributed by atoms with E-state index in [4.69, 9.17) is 12.6 Å². The number of hydrogen-bond acceptors (Lipinski definition) is 3. The summed E-state index contributed by atoms with van der Waals surface area (Å²) in [6.07, 6.45) is 3.63. The summed E-state index contributed by atoms with van der Waals surface area (Å²) in [7, 11) is -1.84. The Labute approximate surface area is 403 Å². The van der Waals surface area contributed by atoms with Crippen LogP contribution in [0.15, 0.2) is 162 Å². The molecule has 325 valence electrons. The zero-order chi connectivity index (χ0) is 49.3. The number of aryl methyl sites for hydroxylation is 1. The first-order valence-electron chi connectivity index (χ1n) is 24.9. The van der Waals surface area contributed by atoms with E-state index >= 15 is 0 Å². The second-order valence-electron chi connectivity index (χ2n) is 17.3. The smallest absolute Gasteiger partial charge is 0.122 e. The van der Waals surface area contributed by atoms with Crippen LogP contribution < -0.4 is 5.19 Å². The van der Waals surface area contributed by atoms with Crippen molar-refractivity contribution >= 4 is 35.2 Å². The van der Waals surface area contributed by atoms with E-state index in [1.807, 2.05) is 99.0 Å². The molecule has 0 amide bonds. The van der Waals surface area contributed by atoms with Gasteiger partial charge in [0, 0.05) is 46.1 Å². The summed E-state index contributed by atoms with van der Waals surface area (Å²) >= 11 is 0. The molecule has 3 aromatic heterocycles. The maximum absolute atomic E-state index is 8.89. The van der Waals surface area contributed by atoms with Crippen molar-refractivity contribution in [3.63, 3.8) is 0 Å². The molecule has 0 unspecified atom stereocenters. The van der Waals surface area contributed by atoms with Gasteiger partial charge in [0.05, 0.1) is 13.7 Å². The van der Waals surface area contributed by atoms with Gasteiger partial charge in [-0.3, -0.25) is 0 Å². The van der Waals surface area contributed by atoms with Crippen LogP contribution in [0.3, 0.4) is 0 Å². The van der Waals surface area contributed by atoms with Gasteiger partial charge in [-0.1, -0.05) is 179 Å². The van der Waals surface area contributed by atoms with Crippen molar-refractivity contribution in [3.05, 3.63) is 187 Å². The molecule has 0 fully saturated rings. The van der Waals surface area contributed by atoms with Crippen LogP contribution >= 0.6 is 0 Å². The minimum absolute atomic E-state index is 0. The summed E-state index contributed by atoms with van der Waals surface area (Å²) in [5.74, 6) is -0.812. The van der Waals surface area contributed by atoms with E-state index in [1.165, 1.54) is 6.07 Å². The molecule has 6 aromatic carbocycles. The minimum atomic E-state index is -2.27. The van der Waals surface area contributed by atoms with E-state index in [2.05, 4.69) is 122 Å². The van der Waals surface area contributed by atoms with Crippen LogP contribution in [-0.2, 0) is 26.5 Å². The average molecular weight is 1040 g/mol. The number of hydrogen-bond donors (Lipinski definition) is 0. The van der Waals surface area contributed by atoms with Gasteiger partial charge in [0.1, 0.15) is 5.58 Å². The van der Waals surface area contributed by atoms with Crippen LogP contribution in [0, 0.1) is 24.9 Å². The molecule has 9 aromatic rings. The third-order valence-corrected chi connectivity index (χ3v) is 13.5. The van der Waals surface area contributed by atoms with Crippen LogP contribution in [0.5, 0.6) is 0 Å². The first-order valence-corrected chi connectivity index (χ1v) is 25.4. The van der Waals surface area contributed by atoms with Crippen molar-refractivity contribution in [2.45, 2.75) is 79.3 Å².